The van der Waals surface area contributed by atoms with Gasteiger partial charge >= 0.3 is 0 Å². The van der Waals surface area contributed by atoms with Gasteiger partial charge in [-0.25, -0.2) is 8.42 Å². The third-order valence-electron chi connectivity index (χ3n) is 2.86. The summed E-state index contributed by atoms with van der Waals surface area (Å²) in [7, 11) is -0.197. The lowest BCUT2D eigenvalue weighted by atomic mass is 10.0. The molecule has 0 N–H and O–H groups in total. The maximum Gasteiger partial charge on any atom is 0.205 e. The van der Waals surface area contributed by atoms with Crippen LogP contribution >= 0.6 is 0 Å². The van der Waals surface area contributed by atoms with Crippen molar-refractivity contribution >= 4 is 15.6 Å². The Kier molecular flexibility index (Phi) is 5.72. The molecule has 0 bridgehead atoms. The summed E-state index contributed by atoms with van der Waals surface area (Å²) in [4.78, 5) is 13.8. The van der Waals surface area contributed by atoms with Crippen LogP contribution in [0.1, 0.15) is 29.8 Å². The molecule has 1 aromatic carbocycles. The molecule has 0 aliphatic heterocycles. The number of ketones is 1. The quantitative estimate of drug-likeness (QED) is 0.598. The molecular formula is C16H23NO3S. The minimum absolute atomic E-state index is 0.191. The SMILES string of the molecule is CC(C)Cc1ccc(C(=O)/C(=C/N(C)C)S(C)(=O)=O)cc1. The van der Waals surface area contributed by atoms with Crippen molar-refractivity contribution in [1.82, 2.24) is 4.90 Å². The standard InChI is InChI=1S/C16H23NO3S/c1-12(2)10-13-6-8-14(9-7-13)16(18)15(11-17(3)4)21(5,19)20/h6-9,11-12H,10H2,1-5H3/b15-11-. The number of nitrogens with zero attached hydrogens (tertiary/aromatic N) is 1. The molecule has 0 fully saturated rings. The minimum atomic E-state index is -3.57. The van der Waals surface area contributed by atoms with Crippen molar-refractivity contribution in [3.8, 4) is 0 Å². The molecule has 0 saturated heterocycles. The van der Waals surface area contributed by atoms with E-state index in [1.165, 1.54) is 6.20 Å². The predicted octanol–water partition coefficient (Wildman–Crippen LogP) is 2.52. The summed E-state index contributed by atoms with van der Waals surface area (Å²) in [6.07, 6.45) is 3.33. The lowest BCUT2D eigenvalue weighted by Gasteiger charge is -2.10. The second kappa shape index (κ2) is 6.89. The van der Waals surface area contributed by atoms with Gasteiger partial charge in [0.1, 0.15) is 4.91 Å². The highest BCUT2D eigenvalue weighted by atomic mass is 32.2. The van der Waals surface area contributed by atoms with Gasteiger partial charge in [0.25, 0.3) is 0 Å². The molecule has 0 radical (unpaired) electrons. The highest BCUT2D eigenvalue weighted by Crippen LogP contribution is 2.16. The number of carbonyl (C=O) groups excluding carboxylic acids is 1. The second-order valence-electron chi connectivity index (χ2n) is 5.85. The molecule has 0 aliphatic rings. The zero-order chi connectivity index (χ0) is 16.2. The van der Waals surface area contributed by atoms with Crippen molar-refractivity contribution in [3.05, 3.63) is 46.5 Å². The van der Waals surface area contributed by atoms with E-state index in [4.69, 9.17) is 0 Å². The van der Waals surface area contributed by atoms with Crippen molar-refractivity contribution in [2.45, 2.75) is 20.3 Å². The van der Waals surface area contributed by atoms with Crippen LogP contribution in [0.25, 0.3) is 0 Å². The maximum absolute atomic E-state index is 12.4. The van der Waals surface area contributed by atoms with Gasteiger partial charge < -0.3 is 4.90 Å². The first kappa shape index (κ1) is 17.4. The molecule has 0 heterocycles. The molecular weight excluding hydrogens is 286 g/mol. The molecule has 0 saturated carbocycles. The van der Waals surface area contributed by atoms with Crippen molar-refractivity contribution in [2.24, 2.45) is 5.92 Å². The van der Waals surface area contributed by atoms with Gasteiger partial charge in [0.05, 0.1) is 0 Å². The summed E-state index contributed by atoms with van der Waals surface area (Å²) in [5, 5.41) is 0. The van der Waals surface area contributed by atoms with Gasteiger partial charge in [-0.05, 0) is 17.9 Å². The fourth-order valence-electron chi connectivity index (χ4n) is 1.96. The summed E-state index contributed by atoms with van der Waals surface area (Å²) in [6.45, 7) is 4.25. The van der Waals surface area contributed by atoms with E-state index >= 15 is 0 Å². The molecule has 1 rings (SSSR count). The van der Waals surface area contributed by atoms with Gasteiger partial charge in [0.15, 0.2) is 9.84 Å². The summed E-state index contributed by atoms with van der Waals surface area (Å²) >= 11 is 0. The molecule has 21 heavy (non-hydrogen) atoms. The molecule has 0 aliphatic carbocycles. The molecule has 0 spiro atoms. The van der Waals surface area contributed by atoms with E-state index in [-0.39, 0.29) is 4.91 Å². The van der Waals surface area contributed by atoms with E-state index in [0.29, 0.717) is 11.5 Å². The number of hydrogen-bond donors (Lipinski definition) is 0. The predicted molar refractivity (Wildman–Crippen MR) is 85.9 cm³/mol. The third-order valence-corrected chi connectivity index (χ3v) is 3.95. The van der Waals surface area contributed by atoms with Crippen molar-refractivity contribution < 1.29 is 13.2 Å². The minimum Gasteiger partial charge on any atom is -0.382 e. The van der Waals surface area contributed by atoms with Crippen molar-refractivity contribution in [1.29, 1.82) is 0 Å². The molecule has 1 aromatic rings. The van der Waals surface area contributed by atoms with E-state index in [9.17, 15) is 13.2 Å². The lowest BCUT2D eigenvalue weighted by Crippen LogP contribution is -2.16. The van der Waals surface area contributed by atoms with Gasteiger partial charge in [-0.2, -0.15) is 0 Å². The van der Waals surface area contributed by atoms with Crippen LogP contribution in [0, 0.1) is 5.92 Å². The molecule has 0 aromatic heterocycles. The Hall–Kier alpha value is -1.62. The van der Waals surface area contributed by atoms with Crippen LogP contribution in [0.2, 0.25) is 0 Å². The van der Waals surface area contributed by atoms with Crippen LogP contribution in [-0.2, 0) is 16.3 Å². The molecule has 0 amide bonds. The Bertz CT molecular complexity index is 626. The largest absolute Gasteiger partial charge is 0.382 e. The van der Waals surface area contributed by atoms with E-state index in [1.54, 1.807) is 31.1 Å². The van der Waals surface area contributed by atoms with E-state index in [0.717, 1.165) is 18.2 Å². The maximum atomic E-state index is 12.4. The summed E-state index contributed by atoms with van der Waals surface area (Å²) in [5.74, 6) is 0.0639. The van der Waals surface area contributed by atoms with Gasteiger partial charge in [-0.1, -0.05) is 38.1 Å². The molecule has 0 atom stereocenters. The van der Waals surface area contributed by atoms with Gasteiger partial charge in [-0.3, -0.25) is 4.79 Å². The smallest absolute Gasteiger partial charge is 0.205 e. The first-order valence-electron chi connectivity index (χ1n) is 6.83. The number of hydrogen-bond acceptors (Lipinski definition) is 4. The number of carbonyl (C=O) groups is 1. The first-order chi connectivity index (χ1) is 9.61. The fraction of sp³-hybridized carbons (Fsp3) is 0.438. The Morgan fingerprint density at radius 2 is 1.71 bits per heavy atom. The van der Waals surface area contributed by atoms with Crippen LogP contribution in [0.4, 0.5) is 0 Å². The number of Topliss-reactive ketones (excluding diaryl/α,β-unsaturated/α-hetero) is 1. The Labute approximate surface area is 127 Å². The summed E-state index contributed by atoms with van der Waals surface area (Å²) < 4.78 is 23.6. The van der Waals surface area contributed by atoms with Crippen LogP contribution < -0.4 is 0 Å². The summed E-state index contributed by atoms with van der Waals surface area (Å²) in [6, 6.07) is 7.13. The highest BCUT2D eigenvalue weighted by molar-refractivity contribution is 7.95. The average molecular weight is 309 g/mol. The van der Waals surface area contributed by atoms with Crippen LogP contribution in [0.3, 0.4) is 0 Å². The molecule has 5 heteroatoms. The van der Waals surface area contributed by atoms with Crippen LogP contribution in [-0.4, -0.2) is 39.5 Å². The first-order valence-corrected chi connectivity index (χ1v) is 8.72. The zero-order valence-electron chi connectivity index (χ0n) is 13.3. The monoisotopic (exact) mass is 309 g/mol. The van der Waals surface area contributed by atoms with Gasteiger partial charge in [-0.15, -0.1) is 0 Å². The van der Waals surface area contributed by atoms with E-state index in [2.05, 4.69) is 13.8 Å². The van der Waals surface area contributed by atoms with Crippen LogP contribution in [0.5, 0.6) is 0 Å². The summed E-state index contributed by atoms with van der Waals surface area (Å²) in [5.41, 5.74) is 1.53. The number of allylic oxidation sites excluding steroid dienone is 1. The molecule has 4 nitrogen and oxygen atoms in total. The molecule has 0 unspecified atom stereocenters. The van der Waals surface area contributed by atoms with Gasteiger partial charge in [0.2, 0.25) is 5.78 Å². The second-order valence-corrected chi connectivity index (χ2v) is 7.84. The topological polar surface area (TPSA) is 54.5 Å². The number of benzene rings is 1. The molecule has 116 valence electrons. The highest BCUT2D eigenvalue weighted by Gasteiger charge is 2.22. The zero-order valence-corrected chi connectivity index (χ0v) is 14.1. The Balaban J connectivity index is 3.11. The van der Waals surface area contributed by atoms with E-state index < -0.39 is 15.6 Å². The Morgan fingerprint density at radius 1 is 1.19 bits per heavy atom. The van der Waals surface area contributed by atoms with Gasteiger partial charge in [0, 0.05) is 32.1 Å². The van der Waals surface area contributed by atoms with Crippen molar-refractivity contribution in [2.75, 3.05) is 20.4 Å². The van der Waals surface area contributed by atoms with Crippen LogP contribution in [0.15, 0.2) is 35.4 Å². The Morgan fingerprint density at radius 3 is 2.10 bits per heavy atom. The lowest BCUT2D eigenvalue weighted by molar-refractivity contribution is 0.104. The van der Waals surface area contributed by atoms with Crippen molar-refractivity contribution in [3.63, 3.8) is 0 Å². The number of rotatable bonds is 6. The third kappa shape index (κ3) is 5.34. The van der Waals surface area contributed by atoms with E-state index in [1.807, 2.05) is 12.1 Å². The average Bonchev–Trinajstić information content (AvgIpc) is 2.34. The number of sulfone groups is 1. The fourth-order valence-corrected chi connectivity index (χ4v) is 2.82. The normalized spacial score (nSPS) is 12.6.